The van der Waals surface area contributed by atoms with E-state index in [1.54, 1.807) is 27.7 Å². The third-order valence-corrected chi connectivity index (χ3v) is 4.23. The van der Waals surface area contributed by atoms with Crippen LogP contribution in [0.4, 0.5) is 0 Å². The number of aryl methyl sites for hydroxylation is 2. The minimum atomic E-state index is -3.76. The van der Waals surface area contributed by atoms with Crippen LogP contribution in [-0.4, -0.2) is 18.6 Å². The number of benzene rings is 1. The van der Waals surface area contributed by atoms with Crippen molar-refractivity contribution in [1.29, 1.82) is 0 Å². The van der Waals surface area contributed by atoms with Crippen LogP contribution >= 0.6 is 0 Å². The maximum Gasteiger partial charge on any atom is 0.264 e. The van der Waals surface area contributed by atoms with Gasteiger partial charge in [0.1, 0.15) is 5.75 Å². The second kappa shape index (κ2) is 5.45. The summed E-state index contributed by atoms with van der Waals surface area (Å²) in [6.45, 7) is 7.07. The lowest BCUT2D eigenvalue weighted by Gasteiger charge is -2.15. The van der Waals surface area contributed by atoms with E-state index < -0.39 is 10.0 Å². The smallest absolute Gasteiger partial charge is 0.264 e. The molecule has 0 radical (unpaired) electrons. The van der Waals surface area contributed by atoms with Crippen molar-refractivity contribution < 1.29 is 17.7 Å². The molecule has 0 atom stereocenters. The summed E-state index contributed by atoms with van der Waals surface area (Å²) >= 11 is 0. The largest absolute Gasteiger partial charge is 0.483 e. The molecule has 2 N–H and O–H groups in total. The van der Waals surface area contributed by atoms with E-state index in [0.29, 0.717) is 28.6 Å². The molecule has 7 nitrogen and oxygen atoms in total. The Morgan fingerprint density at radius 1 is 1.24 bits per heavy atom. The van der Waals surface area contributed by atoms with Crippen LogP contribution in [0.15, 0.2) is 15.5 Å². The third-order valence-electron chi connectivity index (χ3n) is 3.19. The molecule has 0 unspecified atom stereocenters. The van der Waals surface area contributed by atoms with Crippen molar-refractivity contribution in [1.82, 2.24) is 10.1 Å². The Hall–Kier alpha value is -1.93. The number of primary sulfonamides is 1. The van der Waals surface area contributed by atoms with Crippen LogP contribution in [0.1, 0.15) is 28.4 Å². The van der Waals surface area contributed by atoms with E-state index in [1.807, 2.05) is 0 Å². The van der Waals surface area contributed by atoms with Gasteiger partial charge in [-0.3, -0.25) is 0 Å². The molecule has 2 rings (SSSR count). The number of hydrogen-bond donors (Lipinski definition) is 1. The normalized spacial score (nSPS) is 11.7. The Morgan fingerprint density at radius 2 is 1.90 bits per heavy atom. The van der Waals surface area contributed by atoms with Gasteiger partial charge in [0.05, 0.1) is 4.90 Å². The Kier molecular flexibility index (Phi) is 4.02. The Morgan fingerprint density at radius 3 is 2.43 bits per heavy atom. The van der Waals surface area contributed by atoms with Crippen molar-refractivity contribution in [3.8, 4) is 5.75 Å². The maximum absolute atomic E-state index is 11.6. The zero-order valence-corrected chi connectivity index (χ0v) is 13.1. The fraction of sp³-hybridized carbons (Fsp3) is 0.385. The summed E-state index contributed by atoms with van der Waals surface area (Å²) in [6.07, 6.45) is 0. The third kappa shape index (κ3) is 3.22. The van der Waals surface area contributed by atoms with Crippen LogP contribution in [0.2, 0.25) is 0 Å². The second-order valence-electron chi connectivity index (χ2n) is 4.84. The predicted molar refractivity (Wildman–Crippen MR) is 75.4 cm³/mol. The molecule has 1 aromatic heterocycles. The number of nitrogens with two attached hydrogens (primary N) is 1. The molecule has 0 saturated heterocycles. The lowest BCUT2D eigenvalue weighted by Crippen LogP contribution is -2.15. The van der Waals surface area contributed by atoms with Gasteiger partial charge in [-0.1, -0.05) is 5.16 Å². The molecule has 21 heavy (non-hydrogen) atoms. The molecule has 1 heterocycles. The zero-order valence-electron chi connectivity index (χ0n) is 12.3. The first-order valence-electron chi connectivity index (χ1n) is 6.25. The first-order valence-corrected chi connectivity index (χ1v) is 7.80. The van der Waals surface area contributed by atoms with Crippen molar-refractivity contribution in [2.24, 2.45) is 5.14 Å². The number of sulfonamides is 1. The second-order valence-corrected chi connectivity index (χ2v) is 6.37. The molecule has 0 aliphatic carbocycles. The van der Waals surface area contributed by atoms with Gasteiger partial charge in [-0.15, -0.1) is 0 Å². The topological polar surface area (TPSA) is 108 Å². The van der Waals surface area contributed by atoms with Crippen molar-refractivity contribution in [3.05, 3.63) is 34.5 Å². The summed E-state index contributed by atoms with van der Waals surface area (Å²) < 4.78 is 33.8. The molecule has 0 amide bonds. The molecule has 0 aliphatic rings. The van der Waals surface area contributed by atoms with Gasteiger partial charge in [0.15, 0.2) is 12.4 Å². The lowest BCUT2D eigenvalue weighted by molar-refractivity contribution is 0.240. The number of ether oxygens (including phenoxy) is 1. The average Bonchev–Trinajstić information content (AvgIpc) is 2.78. The molecular formula is C13H17N3O4S. The summed E-state index contributed by atoms with van der Waals surface area (Å²) in [5, 5.41) is 8.89. The van der Waals surface area contributed by atoms with E-state index in [1.165, 1.54) is 6.07 Å². The Balaban J connectivity index is 2.35. The molecule has 2 aromatic rings. The fourth-order valence-corrected chi connectivity index (χ4v) is 2.99. The van der Waals surface area contributed by atoms with Crippen molar-refractivity contribution in [2.45, 2.75) is 39.2 Å². The van der Waals surface area contributed by atoms with E-state index in [2.05, 4.69) is 10.1 Å². The summed E-state index contributed by atoms with van der Waals surface area (Å²) in [5.41, 5.74) is 1.97. The van der Waals surface area contributed by atoms with Crippen LogP contribution in [-0.2, 0) is 16.6 Å². The zero-order chi connectivity index (χ0) is 15.8. The first kappa shape index (κ1) is 15.5. The highest BCUT2D eigenvalue weighted by molar-refractivity contribution is 7.89. The first-order chi connectivity index (χ1) is 9.70. The van der Waals surface area contributed by atoms with Gasteiger partial charge in [0, 0.05) is 0 Å². The predicted octanol–water partition coefficient (Wildman–Crippen LogP) is 1.53. The van der Waals surface area contributed by atoms with Gasteiger partial charge in [-0.05, 0) is 50.5 Å². The molecule has 0 bridgehead atoms. The van der Waals surface area contributed by atoms with Crippen molar-refractivity contribution in [2.75, 3.05) is 0 Å². The van der Waals surface area contributed by atoms with E-state index in [9.17, 15) is 8.42 Å². The summed E-state index contributed by atoms with van der Waals surface area (Å²) in [7, 11) is -3.76. The van der Waals surface area contributed by atoms with Gasteiger partial charge in [-0.2, -0.15) is 4.98 Å². The van der Waals surface area contributed by atoms with E-state index in [-0.39, 0.29) is 11.5 Å². The van der Waals surface area contributed by atoms with E-state index in [4.69, 9.17) is 14.4 Å². The van der Waals surface area contributed by atoms with Gasteiger partial charge in [-0.25, -0.2) is 13.6 Å². The molecule has 0 aliphatic heterocycles. The Bertz CT molecular complexity index is 781. The molecule has 0 spiro atoms. The summed E-state index contributed by atoms with van der Waals surface area (Å²) in [4.78, 5) is 4.16. The number of hydrogen-bond acceptors (Lipinski definition) is 6. The molecule has 114 valence electrons. The van der Waals surface area contributed by atoms with Crippen LogP contribution < -0.4 is 9.88 Å². The number of nitrogens with zero attached hydrogens (tertiary/aromatic N) is 2. The highest BCUT2D eigenvalue weighted by Crippen LogP contribution is 2.31. The minimum Gasteiger partial charge on any atom is -0.483 e. The molecular weight excluding hydrogens is 294 g/mol. The van der Waals surface area contributed by atoms with Gasteiger partial charge in [0.25, 0.3) is 5.89 Å². The van der Waals surface area contributed by atoms with Crippen LogP contribution in [0.5, 0.6) is 5.75 Å². The summed E-state index contributed by atoms with van der Waals surface area (Å²) in [5.74, 6) is 1.48. The maximum atomic E-state index is 11.6. The lowest BCUT2D eigenvalue weighted by atomic mass is 10.1. The quantitative estimate of drug-likeness (QED) is 0.917. The molecule has 0 saturated carbocycles. The molecule has 0 fully saturated rings. The molecule has 1 aromatic carbocycles. The minimum absolute atomic E-state index is 0.110. The SMILES string of the molecule is Cc1noc(COc2c(C)cc(S(N)(=O)=O)c(C)c2C)n1. The van der Waals surface area contributed by atoms with Crippen LogP contribution in [0.25, 0.3) is 0 Å². The van der Waals surface area contributed by atoms with Crippen LogP contribution in [0.3, 0.4) is 0 Å². The highest BCUT2D eigenvalue weighted by atomic mass is 32.2. The number of aromatic nitrogens is 2. The fourth-order valence-electron chi connectivity index (χ4n) is 2.07. The van der Waals surface area contributed by atoms with Gasteiger partial charge in [0.2, 0.25) is 10.0 Å². The monoisotopic (exact) mass is 311 g/mol. The average molecular weight is 311 g/mol. The van der Waals surface area contributed by atoms with Gasteiger partial charge >= 0.3 is 0 Å². The van der Waals surface area contributed by atoms with E-state index >= 15 is 0 Å². The summed E-state index contributed by atoms with van der Waals surface area (Å²) in [6, 6.07) is 1.51. The van der Waals surface area contributed by atoms with Crippen molar-refractivity contribution in [3.63, 3.8) is 0 Å². The van der Waals surface area contributed by atoms with Crippen LogP contribution in [0, 0.1) is 27.7 Å². The standard InChI is InChI=1S/C13H17N3O4S/c1-7-5-11(21(14,17)18)8(2)9(3)13(7)19-6-12-15-10(4)16-20-12/h5H,6H2,1-4H3,(H2,14,17,18). The van der Waals surface area contributed by atoms with E-state index in [0.717, 1.165) is 5.56 Å². The van der Waals surface area contributed by atoms with Gasteiger partial charge < -0.3 is 9.26 Å². The van der Waals surface area contributed by atoms with Crippen molar-refractivity contribution >= 4 is 10.0 Å². The number of rotatable bonds is 4. The molecule has 8 heteroatoms. The Labute approximate surface area is 123 Å². The highest BCUT2D eigenvalue weighted by Gasteiger charge is 2.18.